The molecule has 1 aromatic rings. The third kappa shape index (κ3) is 1.70. The predicted molar refractivity (Wildman–Crippen MR) is 83.1 cm³/mol. The molecule has 3 aliphatic rings. The van der Waals surface area contributed by atoms with Crippen molar-refractivity contribution >= 4 is 5.69 Å². The number of fused-ring (bicyclic) bond motifs is 5. The first-order valence-corrected chi connectivity index (χ1v) is 8.30. The Morgan fingerprint density at radius 2 is 2.00 bits per heavy atom. The Bertz CT molecular complexity index is 585. The van der Waals surface area contributed by atoms with Gasteiger partial charge < -0.3 is 15.9 Å². The fourth-order valence-electron chi connectivity index (χ4n) is 5.66. The van der Waals surface area contributed by atoms with Gasteiger partial charge in [-0.25, -0.2) is 0 Å². The molecule has 5 atom stereocenters. The van der Waals surface area contributed by atoms with E-state index in [-0.39, 0.29) is 17.3 Å². The van der Waals surface area contributed by atoms with Gasteiger partial charge in [-0.1, -0.05) is 13.0 Å². The number of aromatic hydroxyl groups is 1. The van der Waals surface area contributed by atoms with Crippen LogP contribution in [0.5, 0.6) is 5.75 Å². The van der Waals surface area contributed by atoms with Gasteiger partial charge in [-0.3, -0.25) is 0 Å². The van der Waals surface area contributed by atoms with Crippen LogP contribution in [0.4, 0.5) is 5.69 Å². The fraction of sp³-hybridized carbons (Fsp3) is 0.667. The number of phenolic OH excluding ortho intramolecular Hbond substituents is 1. The van der Waals surface area contributed by atoms with Gasteiger partial charge in [0.1, 0.15) is 5.75 Å². The number of aliphatic hydroxyl groups excluding tert-OH is 1. The molecule has 2 saturated carbocycles. The zero-order chi connectivity index (χ0) is 14.8. The quantitative estimate of drug-likeness (QED) is 0.507. The predicted octanol–water partition coefficient (Wildman–Crippen LogP) is 3.19. The van der Waals surface area contributed by atoms with Crippen LogP contribution in [0.25, 0.3) is 0 Å². The van der Waals surface area contributed by atoms with Gasteiger partial charge in [0.25, 0.3) is 0 Å². The maximum absolute atomic E-state index is 10.4. The minimum atomic E-state index is -0.116. The van der Waals surface area contributed by atoms with Crippen LogP contribution in [-0.2, 0) is 6.42 Å². The molecule has 3 heteroatoms. The summed E-state index contributed by atoms with van der Waals surface area (Å²) in [4.78, 5) is 0. The van der Waals surface area contributed by atoms with Crippen molar-refractivity contribution in [3.8, 4) is 5.75 Å². The normalized spacial score (nSPS) is 41.2. The molecule has 4 rings (SSSR count). The van der Waals surface area contributed by atoms with Gasteiger partial charge in [0, 0.05) is 0 Å². The van der Waals surface area contributed by atoms with Crippen LogP contribution < -0.4 is 5.73 Å². The number of hydrogen-bond donors (Lipinski definition) is 3. The molecule has 114 valence electrons. The lowest BCUT2D eigenvalue weighted by atomic mass is 9.55. The average molecular weight is 287 g/mol. The summed E-state index contributed by atoms with van der Waals surface area (Å²) >= 11 is 0. The number of rotatable bonds is 0. The van der Waals surface area contributed by atoms with Crippen LogP contribution >= 0.6 is 0 Å². The van der Waals surface area contributed by atoms with E-state index in [0.717, 1.165) is 32.1 Å². The van der Waals surface area contributed by atoms with Gasteiger partial charge in [0.05, 0.1) is 11.8 Å². The Kier molecular flexibility index (Phi) is 2.81. The minimum Gasteiger partial charge on any atom is -0.506 e. The molecule has 0 radical (unpaired) electrons. The summed E-state index contributed by atoms with van der Waals surface area (Å²) in [6.45, 7) is 2.30. The number of anilines is 1. The number of aliphatic hydroxyl groups is 1. The third-order valence-corrected chi connectivity index (χ3v) is 6.88. The summed E-state index contributed by atoms with van der Waals surface area (Å²) in [5.74, 6) is 2.12. The Hall–Kier alpha value is -1.22. The third-order valence-electron chi connectivity index (χ3n) is 6.88. The summed E-state index contributed by atoms with van der Waals surface area (Å²) in [6, 6.07) is 3.85. The highest BCUT2D eigenvalue weighted by atomic mass is 16.3. The maximum atomic E-state index is 10.4. The van der Waals surface area contributed by atoms with Crippen LogP contribution in [0.15, 0.2) is 12.1 Å². The Labute approximate surface area is 126 Å². The van der Waals surface area contributed by atoms with E-state index in [9.17, 15) is 10.2 Å². The van der Waals surface area contributed by atoms with E-state index in [1.54, 1.807) is 6.07 Å². The van der Waals surface area contributed by atoms with E-state index in [1.807, 2.05) is 0 Å². The largest absolute Gasteiger partial charge is 0.506 e. The van der Waals surface area contributed by atoms with E-state index < -0.39 is 0 Å². The standard InChI is InChI=1S/C18H25NO2/c1-18-9-8-11-10-4-6-15(20)17(19)13(10)3-2-12(11)14(18)5-7-16(18)21/h4,6,11-12,14,16,20-21H,2-3,5,7-9,19H2,1H3/t11-,12-,14-,16-,18-/m0/s1. The Morgan fingerprint density at radius 1 is 1.19 bits per heavy atom. The molecular weight excluding hydrogens is 262 g/mol. The molecule has 0 saturated heterocycles. The molecule has 21 heavy (non-hydrogen) atoms. The van der Waals surface area contributed by atoms with Crippen molar-refractivity contribution in [3.63, 3.8) is 0 Å². The number of benzene rings is 1. The first-order chi connectivity index (χ1) is 10.0. The van der Waals surface area contributed by atoms with Crippen LogP contribution in [-0.4, -0.2) is 16.3 Å². The molecule has 3 aliphatic carbocycles. The second kappa shape index (κ2) is 4.39. The van der Waals surface area contributed by atoms with E-state index in [1.165, 1.54) is 17.5 Å². The summed E-state index contributed by atoms with van der Waals surface area (Å²) in [7, 11) is 0. The van der Waals surface area contributed by atoms with Crippen molar-refractivity contribution in [2.24, 2.45) is 17.3 Å². The van der Waals surface area contributed by atoms with E-state index in [2.05, 4.69) is 13.0 Å². The van der Waals surface area contributed by atoms with Gasteiger partial charge in [-0.05, 0) is 78.9 Å². The summed E-state index contributed by atoms with van der Waals surface area (Å²) in [5, 5.41) is 20.2. The van der Waals surface area contributed by atoms with Crippen LogP contribution in [0.2, 0.25) is 0 Å². The zero-order valence-corrected chi connectivity index (χ0v) is 12.7. The fourth-order valence-corrected chi connectivity index (χ4v) is 5.66. The molecule has 0 unspecified atom stereocenters. The summed E-state index contributed by atoms with van der Waals surface area (Å²) in [5.41, 5.74) is 9.35. The molecule has 0 heterocycles. The lowest BCUT2D eigenvalue weighted by Gasteiger charge is -2.50. The first-order valence-electron chi connectivity index (χ1n) is 8.30. The molecule has 1 aromatic carbocycles. The Balaban J connectivity index is 1.74. The van der Waals surface area contributed by atoms with Crippen LogP contribution in [0, 0.1) is 17.3 Å². The zero-order valence-electron chi connectivity index (χ0n) is 12.7. The maximum Gasteiger partial charge on any atom is 0.138 e. The number of hydrogen-bond acceptors (Lipinski definition) is 3. The molecule has 0 bridgehead atoms. The second-order valence-electron chi connectivity index (χ2n) is 7.62. The number of nitrogens with two attached hydrogens (primary N) is 1. The monoisotopic (exact) mass is 287 g/mol. The van der Waals surface area contributed by atoms with Crippen molar-refractivity contribution in [3.05, 3.63) is 23.3 Å². The van der Waals surface area contributed by atoms with Gasteiger partial charge in [0.15, 0.2) is 0 Å². The lowest BCUT2D eigenvalue weighted by molar-refractivity contribution is -0.0225. The molecule has 0 spiro atoms. The molecular formula is C18H25NO2. The number of nitrogen functional groups attached to an aromatic ring is 1. The van der Waals surface area contributed by atoms with Gasteiger partial charge in [0.2, 0.25) is 0 Å². The smallest absolute Gasteiger partial charge is 0.138 e. The Morgan fingerprint density at radius 3 is 2.81 bits per heavy atom. The number of phenols is 1. The van der Waals surface area contributed by atoms with E-state index in [0.29, 0.717) is 23.4 Å². The van der Waals surface area contributed by atoms with E-state index >= 15 is 0 Å². The summed E-state index contributed by atoms with van der Waals surface area (Å²) in [6.07, 6.45) is 6.40. The van der Waals surface area contributed by atoms with Crippen molar-refractivity contribution in [1.29, 1.82) is 0 Å². The molecule has 4 N–H and O–H groups in total. The highest BCUT2D eigenvalue weighted by Crippen LogP contribution is 2.61. The topological polar surface area (TPSA) is 66.5 Å². The van der Waals surface area contributed by atoms with Crippen molar-refractivity contribution in [2.45, 2.75) is 57.5 Å². The van der Waals surface area contributed by atoms with Crippen molar-refractivity contribution < 1.29 is 10.2 Å². The van der Waals surface area contributed by atoms with Crippen molar-refractivity contribution in [2.75, 3.05) is 5.73 Å². The SMILES string of the molecule is C[C@]12CC[C@H]3c4ccc(O)c(N)c4CC[C@@H]3[C@@H]1CC[C@@H]2O. The van der Waals surface area contributed by atoms with Crippen LogP contribution in [0.3, 0.4) is 0 Å². The lowest BCUT2D eigenvalue weighted by Crippen LogP contribution is -2.44. The van der Waals surface area contributed by atoms with Gasteiger partial charge >= 0.3 is 0 Å². The molecule has 2 fully saturated rings. The summed E-state index contributed by atoms with van der Waals surface area (Å²) < 4.78 is 0. The second-order valence-corrected chi connectivity index (χ2v) is 7.62. The van der Waals surface area contributed by atoms with Gasteiger partial charge in [-0.2, -0.15) is 0 Å². The molecule has 0 amide bonds. The van der Waals surface area contributed by atoms with Crippen molar-refractivity contribution in [1.82, 2.24) is 0 Å². The average Bonchev–Trinajstić information content (AvgIpc) is 2.78. The van der Waals surface area contributed by atoms with E-state index in [4.69, 9.17) is 5.73 Å². The molecule has 3 nitrogen and oxygen atoms in total. The van der Waals surface area contributed by atoms with Crippen LogP contribution in [0.1, 0.15) is 56.1 Å². The molecule has 0 aliphatic heterocycles. The highest BCUT2D eigenvalue weighted by Gasteiger charge is 2.54. The minimum absolute atomic E-state index is 0.116. The molecule has 0 aromatic heterocycles. The van der Waals surface area contributed by atoms with Gasteiger partial charge in [-0.15, -0.1) is 0 Å². The highest BCUT2D eigenvalue weighted by molar-refractivity contribution is 5.62. The first kappa shape index (κ1) is 13.4.